The molecule has 94 valence electrons. The summed E-state index contributed by atoms with van der Waals surface area (Å²) in [6, 6.07) is 6.51. The normalized spacial score (nSPS) is 12.4. The highest BCUT2D eigenvalue weighted by molar-refractivity contribution is 7.84. The quantitative estimate of drug-likeness (QED) is 0.615. The minimum atomic E-state index is -0.472. The van der Waals surface area contributed by atoms with E-state index in [1.807, 2.05) is 32.1 Å². The van der Waals surface area contributed by atoms with E-state index in [1.165, 1.54) is 12.1 Å². The lowest BCUT2D eigenvalue weighted by atomic mass is 10.0. The van der Waals surface area contributed by atoms with Crippen LogP contribution in [0.3, 0.4) is 0 Å². The van der Waals surface area contributed by atoms with Crippen molar-refractivity contribution in [3.8, 4) is 6.07 Å². The number of thiol groups is 1. The molecule has 0 aromatic heterocycles. The third-order valence-electron chi connectivity index (χ3n) is 2.68. The first-order valence-electron chi connectivity index (χ1n) is 5.91. The van der Waals surface area contributed by atoms with Gasteiger partial charge in [-0.1, -0.05) is 32.1 Å². The lowest BCUT2D eigenvalue weighted by Crippen LogP contribution is -1.88. The zero-order chi connectivity index (χ0) is 13.5. The van der Waals surface area contributed by atoms with Crippen LogP contribution in [0.25, 0.3) is 5.57 Å². The Balaban J connectivity index is 3.11. The van der Waals surface area contributed by atoms with Gasteiger partial charge in [0.1, 0.15) is 11.9 Å². The van der Waals surface area contributed by atoms with E-state index in [2.05, 4.69) is 12.6 Å². The number of rotatable bonds is 4. The summed E-state index contributed by atoms with van der Waals surface area (Å²) in [5.74, 6) is -0.472. The van der Waals surface area contributed by atoms with Crippen LogP contribution in [0, 0.1) is 17.1 Å². The largest absolute Gasteiger partial charge is 0.206 e. The monoisotopic (exact) mass is 261 g/mol. The van der Waals surface area contributed by atoms with Crippen LogP contribution in [-0.2, 0) is 0 Å². The number of hydrogen-bond donors (Lipinski definition) is 1. The van der Waals surface area contributed by atoms with Crippen molar-refractivity contribution in [3.05, 3.63) is 52.2 Å². The molecule has 1 aromatic carbocycles. The van der Waals surface area contributed by atoms with Crippen molar-refractivity contribution in [2.75, 3.05) is 0 Å². The van der Waals surface area contributed by atoms with Gasteiger partial charge in [-0.3, -0.25) is 0 Å². The number of nitrogens with zero attached hydrogens (tertiary/aromatic N) is 1. The first-order valence-corrected chi connectivity index (χ1v) is 6.35. The highest BCUT2D eigenvalue weighted by Gasteiger charge is 2.05. The first kappa shape index (κ1) is 14.5. The molecule has 0 unspecified atom stereocenters. The van der Waals surface area contributed by atoms with Crippen molar-refractivity contribution in [1.82, 2.24) is 0 Å². The molecule has 0 radical (unpaired) electrons. The van der Waals surface area contributed by atoms with E-state index in [0.29, 0.717) is 0 Å². The molecule has 0 amide bonds. The maximum Gasteiger partial charge on any atom is 0.141 e. The highest BCUT2D eigenvalue weighted by atomic mass is 32.1. The molecule has 0 spiro atoms. The Morgan fingerprint density at radius 3 is 2.56 bits per heavy atom. The van der Waals surface area contributed by atoms with E-state index in [0.717, 1.165) is 28.9 Å². The summed E-state index contributed by atoms with van der Waals surface area (Å²) in [5.41, 5.74) is 1.91. The Kier molecular flexibility index (Phi) is 5.67. The van der Waals surface area contributed by atoms with Crippen LogP contribution in [0.4, 0.5) is 4.39 Å². The van der Waals surface area contributed by atoms with Crippen molar-refractivity contribution in [3.63, 3.8) is 0 Å². The summed E-state index contributed by atoms with van der Waals surface area (Å²) < 4.78 is 13.5. The maximum atomic E-state index is 13.5. The maximum absolute atomic E-state index is 13.5. The molecule has 0 atom stereocenters. The number of nitriles is 1. The molecule has 1 rings (SSSR count). The Morgan fingerprint density at radius 1 is 1.33 bits per heavy atom. The van der Waals surface area contributed by atoms with E-state index in [9.17, 15) is 4.39 Å². The molecule has 0 N–H and O–H groups in total. The third-order valence-corrected chi connectivity index (χ3v) is 3.15. The average molecular weight is 261 g/mol. The highest BCUT2D eigenvalue weighted by Crippen LogP contribution is 2.21. The second kappa shape index (κ2) is 7.03. The first-order chi connectivity index (χ1) is 8.62. The topological polar surface area (TPSA) is 23.8 Å². The summed E-state index contributed by atoms with van der Waals surface area (Å²) in [4.78, 5) is 0.982. The fourth-order valence-corrected chi connectivity index (χ4v) is 1.61. The van der Waals surface area contributed by atoms with E-state index in [4.69, 9.17) is 5.26 Å². The molecule has 1 nitrogen and oxygen atoms in total. The van der Waals surface area contributed by atoms with Crippen LogP contribution >= 0.6 is 12.6 Å². The van der Waals surface area contributed by atoms with E-state index in [1.54, 1.807) is 6.07 Å². The minimum absolute atomic E-state index is 0.0770. The molecule has 0 bridgehead atoms. The van der Waals surface area contributed by atoms with Crippen molar-refractivity contribution in [2.45, 2.75) is 26.7 Å². The van der Waals surface area contributed by atoms with E-state index >= 15 is 0 Å². The van der Waals surface area contributed by atoms with Gasteiger partial charge in [-0.25, -0.2) is 4.39 Å². The summed E-state index contributed by atoms with van der Waals surface area (Å²) in [6.07, 6.45) is 5.55. The lowest BCUT2D eigenvalue weighted by Gasteiger charge is -2.05. The fraction of sp³-hybridized carbons (Fsp3) is 0.267. The van der Waals surface area contributed by atoms with Gasteiger partial charge in [0.25, 0.3) is 0 Å². The zero-order valence-corrected chi connectivity index (χ0v) is 11.5. The van der Waals surface area contributed by atoms with Crippen LogP contribution in [0.5, 0.6) is 0 Å². The Hall–Kier alpha value is -1.53. The number of halogens is 1. The van der Waals surface area contributed by atoms with Crippen molar-refractivity contribution in [1.29, 1.82) is 5.26 Å². The number of benzene rings is 1. The van der Waals surface area contributed by atoms with Gasteiger partial charge >= 0.3 is 0 Å². The lowest BCUT2D eigenvalue weighted by molar-refractivity contribution is 0.623. The van der Waals surface area contributed by atoms with Gasteiger partial charge in [-0.15, -0.1) is 12.6 Å². The summed E-state index contributed by atoms with van der Waals surface area (Å²) in [5, 5.41) is 8.69. The van der Waals surface area contributed by atoms with Gasteiger partial charge in [0.15, 0.2) is 0 Å². The second-order valence-electron chi connectivity index (χ2n) is 3.86. The van der Waals surface area contributed by atoms with Crippen LogP contribution in [0.15, 0.2) is 35.3 Å². The standard InChI is InChI=1S/C15H16FNS/c1-3-11(7-8-14(18)4-2)12-5-6-13(10-17)15(16)9-12/h5-9,18H,3-4H2,1-2H3/b11-7+,14-8+. The summed E-state index contributed by atoms with van der Waals surface area (Å²) >= 11 is 4.31. The third kappa shape index (κ3) is 3.75. The van der Waals surface area contributed by atoms with Gasteiger partial charge in [-0.05, 0) is 41.0 Å². The zero-order valence-electron chi connectivity index (χ0n) is 10.6. The Morgan fingerprint density at radius 2 is 2.06 bits per heavy atom. The smallest absolute Gasteiger partial charge is 0.141 e. The van der Waals surface area contributed by atoms with Crippen molar-refractivity contribution >= 4 is 18.2 Å². The van der Waals surface area contributed by atoms with Gasteiger partial charge < -0.3 is 0 Å². The van der Waals surface area contributed by atoms with Crippen molar-refractivity contribution < 1.29 is 4.39 Å². The molecule has 0 saturated carbocycles. The molecule has 0 saturated heterocycles. The predicted octanol–water partition coefficient (Wildman–Crippen LogP) is 4.71. The Bertz CT molecular complexity index is 524. The van der Waals surface area contributed by atoms with E-state index < -0.39 is 5.82 Å². The molecule has 0 heterocycles. The van der Waals surface area contributed by atoms with Crippen LogP contribution in [0.1, 0.15) is 37.8 Å². The molecule has 0 fully saturated rings. The minimum Gasteiger partial charge on any atom is -0.206 e. The van der Waals surface area contributed by atoms with Gasteiger partial charge in [0.2, 0.25) is 0 Å². The van der Waals surface area contributed by atoms with E-state index in [-0.39, 0.29) is 5.56 Å². The second-order valence-corrected chi connectivity index (χ2v) is 4.44. The van der Waals surface area contributed by atoms with Crippen molar-refractivity contribution in [2.24, 2.45) is 0 Å². The van der Waals surface area contributed by atoms with Crippen LogP contribution in [-0.4, -0.2) is 0 Å². The molecule has 18 heavy (non-hydrogen) atoms. The molecule has 3 heteroatoms. The average Bonchev–Trinajstić information content (AvgIpc) is 2.39. The molecule has 0 aliphatic carbocycles. The van der Waals surface area contributed by atoms with Gasteiger partial charge in [-0.2, -0.15) is 5.26 Å². The molecule has 0 aliphatic rings. The van der Waals surface area contributed by atoms with Crippen LogP contribution < -0.4 is 0 Å². The predicted molar refractivity (Wildman–Crippen MR) is 76.7 cm³/mol. The van der Waals surface area contributed by atoms with Crippen LogP contribution in [0.2, 0.25) is 0 Å². The SMILES string of the molecule is CC/C(S)=C\C=C(/CC)c1ccc(C#N)c(F)c1. The van der Waals surface area contributed by atoms with Gasteiger partial charge in [0, 0.05) is 0 Å². The molecule has 1 aromatic rings. The van der Waals surface area contributed by atoms with Gasteiger partial charge in [0.05, 0.1) is 5.56 Å². The number of allylic oxidation sites excluding steroid dienone is 4. The summed E-state index contributed by atoms with van der Waals surface area (Å²) in [6.45, 7) is 4.04. The molecular formula is C15H16FNS. The molecular weight excluding hydrogens is 245 g/mol. The number of hydrogen-bond acceptors (Lipinski definition) is 2. The fourth-order valence-electron chi connectivity index (χ4n) is 1.54. The summed E-state index contributed by atoms with van der Waals surface area (Å²) in [7, 11) is 0. The molecule has 0 aliphatic heterocycles. The Labute approximate surface area is 113 Å².